The number of amides is 1. The maximum atomic E-state index is 11.6. The van der Waals surface area contributed by atoms with Gasteiger partial charge in [-0.3, -0.25) is 4.79 Å². The lowest BCUT2D eigenvalue weighted by Gasteiger charge is -2.21. The number of hydrogen-bond acceptors (Lipinski definition) is 2. The van der Waals surface area contributed by atoms with Gasteiger partial charge in [0.2, 0.25) is 5.91 Å². The molecule has 1 atom stereocenters. The van der Waals surface area contributed by atoms with Crippen LogP contribution in [0.25, 0.3) is 0 Å². The summed E-state index contributed by atoms with van der Waals surface area (Å²) in [7, 11) is 0. The van der Waals surface area contributed by atoms with Crippen LogP contribution in [0.1, 0.15) is 57.8 Å². The predicted molar refractivity (Wildman–Crippen MR) is 69.5 cm³/mol. The van der Waals surface area contributed by atoms with Crippen LogP contribution in [0.5, 0.6) is 0 Å². The summed E-state index contributed by atoms with van der Waals surface area (Å²) in [5.74, 6) is 1.63. The first kappa shape index (κ1) is 12.9. The summed E-state index contributed by atoms with van der Waals surface area (Å²) in [6, 6.07) is 0.102. The van der Waals surface area contributed by atoms with Gasteiger partial charge in [0.15, 0.2) is 0 Å². The summed E-state index contributed by atoms with van der Waals surface area (Å²) < 4.78 is 0. The summed E-state index contributed by atoms with van der Waals surface area (Å²) in [6.07, 6.45) is 11.0. The first-order valence-corrected chi connectivity index (χ1v) is 7.28. The monoisotopic (exact) mass is 238 g/mol. The van der Waals surface area contributed by atoms with E-state index < -0.39 is 0 Å². The van der Waals surface area contributed by atoms with E-state index in [9.17, 15) is 4.79 Å². The minimum Gasteiger partial charge on any atom is -0.356 e. The van der Waals surface area contributed by atoms with E-state index in [0.29, 0.717) is 12.3 Å². The molecule has 2 aliphatic rings. The minimum atomic E-state index is 0.102. The third-order valence-electron chi connectivity index (χ3n) is 4.25. The van der Waals surface area contributed by atoms with Crippen molar-refractivity contribution in [1.29, 1.82) is 0 Å². The van der Waals surface area contributed by atoms with E-state index in [1.807, 2.05) is 0 Å². The van der Waals surface area contributed by atoms with Crippen LogP contribution in [-0.4, -0.2) is 18.5 Å². The number of carbonyl (C=O) groups excluding carboxylic acids is 1. The van der Waals surface area contributed by atoms with E-state index in [2.05, 4.69) is 5.32 Å². The topological polar surface area (TPSA) is 55.1 Å². The van der Waals surface area contributed by atoms with E-state index in [0.717, 1.165) is 18.9 Å². The summed E-state index contributed by atoms with van der Waals surface area (Å²) in [4.78, 5) is 11.6. The van der Waals surface area contributed by atoms with Crippen LogP contribution in [-0.2, 0) is 4.79 Å². The van der Waals surface area contributed by atoms with Gasteiger partial charge >= 0.3 is 0 Å². The highest BCUT2D eigenvalue weighted by Crippen LogP contribution is 2.32. The molecule has 2 fully saturated rings. The molecule has 0 aromatic heterocycles. The van der Waals surface area contributed by atoms with Crippen LogP contribution in [0.2, 0.25) is 0 Å². The SMILES string of the molecule is NC(CC(=O)NCCC1CCCCC1)C1CC1. The van der Waals surface area contributed by atoms with Gasteiger partial charge in [-0.15, -0.1) is 0 Å². The number of carbonyl (C=O) groups is 1. The fourth-order valence-electron chi connectivity index (χ4n) is 2.87. The van der Waals surface area contributed by atoms with Crippen LogP contribution in [0.4, 0.5) is 0 Å². The molecule has 0 aromatic carbocycles. The standard InChI is InChI=1S/C14H26N2O/c15-13(12-6-7-12)10-14(17)16-9-8-11-4-2-1-3-5-11/h11-13H,1-10,15H2,(H,16,17). The van der Waals surface area contributed by atoms with Gasteiger partial charge in [-0.25, -0.2) is 0 Å². The maximum absolute atomic E-state index is 11.6. The Kier molecular flexibility index (Phi) is 4.84. The summed E-state index contributed by atoms with van der Waals surface area (Å²) in [5.41, 5.74) is 5.93. The molecular weight excluding hydrogens is 212 g/mol. The molecule has 0 bridgehead atoms. The predicted octanol–water partition coefficient (Wildman–Crippen LogP) is 2.20. The molecule has 98 valence electrons. The zero-order valence-electron chi connectivity index (χ0n) is 10.8. The Hall–Kier alpha value is -0.570. The Labute approximate surface area is 105 Å². The molecular formula is C14H26N2O. The molecule has 0 spiro atoms. The second-order valence-electron chi connectivity index (χ2n) is 5.85. The number of hydrogen-bond donors (Lipinski definition) is 2. The van der Waals surface area contributed by atoms with Crippen molar-refractivity contribution >= 4 is 5.91 Å². The van der Waals surface area contributed by atoms with E-state index >= 15 is 0 Å². The Morgan fingerprint density at radius 1 is 1.18 bits per heavy atom. The number of nitrogens with one attached hydrogen (secondary N) is 1. The van der Waals surface area contributed by atoms with Crippen molar-refractivity contribution in [2.24, 2.45) is 17.6 Å². The van der Waals surface area contributed by atoms with Crippen LogP contribution < -0.4 is 11.1 Å². The highest BCUT2D eigenvalue weighted by atomic mass is 16.1. The Morgan fingerprint density at radius 2 is 1.88 bits per heavy atom. The summed E-state index contributed by atoms with van der Waals surface area (Å²) in [6.45, 7) is 0.848. The first-order chi connectivity index (χ1) is 8.25. The molecule has 0 saturated heterocycles. The molecule has 2 saturated carbocycles. The van der Waals surface area contributed by atoms with E-state index in [1.54, 1.807) is 0 Å². The molecule has 0 radical (unpaired) electrons. The molecule has 0 aliphatic heterocycles. The van der Waals surface area contributed by atoms with Gasteiger partial charge < -0.3 is 11.1 Å². The second-order valence-corrected chi connectivity index (χ2v) is 5.85. The lowest BCUT2D eigenvalue weighted by molar-refractivity contribution is -0.121. The van der Waals surface area contributed by atoms with E-state index in [4.69, 9.17) is 5.73 Å². The second kappa shape index (κ2) is 6.39. The Balaban J connectivity index is 1.52. The average Bonchev–Trinajstić information content (AvgIpc) is 3.14. The van der Waals surface area contributed by atoms with Gasteiger partial charge in [-0.05, 0) is 31.1 Å². The van der Waals surface area contributed by atoms with Crippen molar-refractivity contribution in [1.82, 2.24) is 5.32 Å². The van der Waals surface area contributed by atoms with Crippen molar-refractivity contribution in [2.45, 2.75) is 63.8 Å². The summed E-state index contributed by atoms with van der Waals surface area (Å²) in [5, 5.41) is 3.02. The van der Waals surface area contributed by atoms with Crippen molar-refractivity contribution < 1.29 is 4.79 Å². The first-order valence-electron chi connectivity index (χ1n) is 7.28. The molecule has 3 N–H and O–H groups in total. The van der Waals surface area contributed by atoms with E-state index in [-0.39, 0.29) is 11.9 Å². The molecule has 2 rings (SSSR count). The van der Waals surface area contributed by atoms with Crippen LogP contribution in [0, 0.1) is 11.8 Å². The molecule has 1 unspecified atom stereocenters. The fourth-order valence-corrected chi connectivity index (χ4v) is 2.87. The molecule has 3 heteroatoms. The normalized spacial score (nSPS) is 23.4. The van der Waals surface area contributed by atoms with Gasteiger partial charge in [-0.2, -0.15) is 0 Å². The average molecular weight is 238 g/mol. The van der Waals surface area contributed by atoms with Crippen molar-refractivity contribution in [3.8, 4) is 0 Å². The highest BCUT2D eigenvalue weighted by molar-refractivity contribution is 5.76. The van der Waals surface area contributed by atoms with Crippen molar-refractivity contribution in [3.63, 3.8) is 0 Å². The minimum absolute atomic E-state index is 0.102. The number of nitrogens with two attached hydrogens (primary N) is 1. The molecule has 2 aliphatic carbocycles. The third-order valence-corrected chi connectivity index (χ3v) is 4.25. The van der Waals surface area contributed by atoms with Crippen LogP contribution in [0.3, 0.4) is 0 Å². The lowest BCUT2D eigenvalue weighted by atomic mass is 9.87. The Bertz CT molecular complexity index is 245. The smallest absolute Gasteiger partial charge is 0.221 e. The van der Waals surface area contributed by atoms with Gasteiger partial charge in [0.05, 0.1) is 0 Å². The molecule has 3 nitrogen and oxygen atoms in total. The van der Waals surface area contributed by atoms with Crippen molar-refractivity contribution in [2.75, 3.05) is 6.54 Å². The summed E-state index contributed by atoms with van der Waals surface area (Å²) >= 11 is 0. The van der Waals surface area contributed by atoms with E-state index in [1.165, 1.54) is 44.9 Å². The number of rotatable bonds is 6. The van der Waals surface area contributed by atoms with Gasteiger partial charge in [0.25, 0.3) is 0 Å². The van der Waals surface area contributed by atoms with Gasteiger partial charge in [0.1, 0.15) is 0 Å². The van der Waals surface area contributed by atoms with Crippen LogP contribution in [0.15, 0.2) is 0 Å². The fraction of sp³-hybridized carbons (Fsp3) is 0.929. The molecule has 1 amide bonds. The van der Waals surface area contributed by atoms with Gasteiger partial charge in [-0.1, -0.05) is 32.1 Å². The third kappa shape index (κ3) is 4.66. The molecule has 17 heavy (non-hydrogen) atoms. The van der Waals surface area contributed by atoms with Gasteiger partial charge in [0, 0.05) is 19.0 Å². The highest BCUT2D eigenvalue weighted by Gasteiger charge is 2.29. The zero-order chi connectivity index (χ0) is 12.1. The van der Waals surface area contributed by atoms with Crippen molar-refractivity contribution in [3.05, 3.63) is 0 Å². The van der Waals surface area contributed by atoms with Crippen LogP contribution >= 0.6 is 0 Å². The largest absolute Gasteiger partial charge is 0.356 e. The maximum Gasteiger partial charge on any atom is 0.221 e. The molecule has 0 aromatic rings. The quantitative estimate of drug-likeness (QED) is 0.745. The zero-order valence-corrected chi connectivity index (χ0v) is 10.8. The molecule has 0 heterocycles. The Morgan fingerprint density at radius 3 is 2.53 bits per heavy atom. The lowest BCUT2D eigenvalue weighted by Crippen LogP contribution is -2.34.